The monoisotopic (exact) mass is 387 g/mol. The minimum atomic E-state index is -0.503. The molecule has 28 heavy (non-hydrogen) atoms. The van der Waals surface area contributed by atoms with E-state index in [1.165, 1.54) is 48.3 Å². The molecule has 2 atom stereocenters. The Morgan fingerprint density at radius 1 is 0.714 bits per heavy atom. The van der Waals surface area contributed by atoms with Gasteiger partial charge in [-0.05, 0) is 48.4 Å². The summed E-state index contributed by atoms with van der Waals surface area (Å²) in [5, 5.41) is 2.91. The molecule has 0 N–H and O–H groups in total. The molecule has 2 heteroatoms. The van der Waals surface area contributed by atoms with E-state index in [1.807, 2.05) is 0 Å². The predicted molar refractivity (Wildman–Crippen MR) is 123 cm³/mol. The number of nitrogens with zero attached hydrogens (tertiary/aromatic N) is 1. The van der Waals surface area contributed by atoms with E-state index in [0.717, 1.165) is 5.92 Å². The molecule has 0 bridgehead atoms. The number of hydrogen-bond donors (Lipinski definition) is 0. The van der Waals surface area contributed by atoms with Crippen molar-refractivity contribution in [2.75, 3.05) is 7.05 Å². The lowest BCUT2D eigenvalue weighted by atomic mass is 9.81. The summed E-state index contributed by atoms with van der Waals surface area (Å²) in [6.07, 6.45) is 6.58. The van der Waals surface area contributed by atoms with Crippen molar-refractivity contribution in [3.05, 3.63) is 96.6 Å². The fraction of sp³-hybridized carbons (Fsp3) is 0.308. The molecule has 1 fully saturated rings. The van der Waals surface area contributed by atoms with Gasteiger partial charge in [-0.3, -0.25) is 4.67 Å². The van der Waals surface area contributed by atoms with Gasteiger partial charge in [0.15, 0.2) is 0 Å². The van der Waals surface area contributed by atoms with E-state index in [0.29, 0.717) is 6.04 Å². The van der Waals surface area contributed by atoms with Crippen molar-refractivity contribution < 1.29 is 0 Å². The Morgan fingerprint density at radius 2 is 1.21 bits per heavy atom. The first-order valence-corrected chi connectivity index (χ1v) is 11.8. The fourth-order valence-corrected chi connectivity index (χ4v) is 7.17. The van der Waals surface area contributed by atoms with Gasteiger partial charge in [0.1, 0.15) is 0 Å². The van der Waals surface area contributed by atoms with Gasteiger partial charge in [0.25, 0.3) is 0 Å². The van der Waals surface area contributed by atoms with Crippen molar-refractivity contribution in [1.82, 2.24) is 4.67 Å². The van der Waals surface area contributed by atoms with Gasteiger partial charge in [0.05, 0.1) is 0 Å². The quantitative estimate of drug-likeness (QED) is 0.486. The zero-order valence-electron chi connectivity index (χ0n) is 16.7. The van der Waals surface area contributed by atoms with E-state index in [-0.39, 0.29) is 0 Å². The lowest BCUT2D eigenvalue weighted by molar-refractivity contribution is 0.206. The van der Waals surface area contributed by atoms with Crippen LogP contribution >= 0.6 is 8.07 Å². The standard InChI is InChI=1S/C26H30NP/c1-27(26-20-12-11-15-23(26)21-22-13-5-2-6-14-22)28(24-16-7-3-8-17-24)25-18-9-4-10-19-25/h2-10,13-14,16-19,23,26H,11-12,15,20-21H2,1H3/t23-,26+/m0/s1. The van der Waals surface area contributed by atoms with Crippen LogP contribution in [0, 0.1) is 5.92 Å². The van der Waals surface area contributed by atoms with Gasteiger partial charge >= 0.3 is 0 Å². The molecule has 0 aromatic heterocycles. The van der Waals surface area contributed by atoms with Crippen LogP contribution in [-0.4, -0.2) is 17.8 Å². The summed E-state index contributed by atoms with van der Waals surface area (Å²) >= 11 is 0. The molecule has 1 nitrogen and oxygen atoms in total. The Balaban J connectivity index is 1.63. The van der Waals surface area contributed by atoms with Gasteiger partial charge in [0, 0.05) is 14.1 Å². The molecule has 0 amide bonds. The molecule has 144 valence electrons. The van der Waals surface area contributed by atoms with Crippen molar-refractivity contribution in [2.24, 2.45) is 5.92 Å². The third kappa shape index (κ3) is 4.54. The summed E-state index contributed by atoms with van der Waals surface area (Å²) in [6.45, 7) is 0. The van der Waals surface area contributed by atoms with Gasteiger partial charge in [-0.15, -0.1) is 0 Å². The molecule has 1 aliphatic rings. The van der Waals surface area contributed by atoms with E-state index >= 15 is 0 Å². The zero-order valence-corrected chi connectivity index (χ0v) is 17.6. The second-order valence-electron chi connectivity index (χ2n) is 7.86. The Kier molecular flexibility index (Phi) is 6.57. The molecule has 0 saturated heterocycles. The van der Waals surface area contributed by atoms with E-state index in [9.17, 15) is 0 Å². The second-order valence-corrected chi connectivity index (χ2v) is 10.1. The summed E-state index contributed by atoms with van der Waals surface area (Å²) in [6, 6.07) is 33.9. The van der Waals surface area contributed by atoms with Gasteiger partial charge < -0.3 is 0 Å². The van der Waals surface area contributed by atoms with Crippen LogP contribution in [0.1, 0.15) is 31.2 Å². The van der Waals surface area contributed by atoms with Crippen LogP contribution in [0.3, 0.4) is 0 Å². The molecule has 3 aromatic rings. The highest BCUT2D eigenvalue weighted by Crippen LogP contribution is 2.44. The smallest absolute Gasteiger partial charge is 0.0281 e. The van der Waals surface area contributed by atoms with Crippen LogP contribution in [0.2, 0.25) is 0 Å². The molecule has 0 spiro atoms. The maximum absolute atomic E-state index is 2.73. The summed E-state index contributed by atoms with van der Waals surface area (Å²) in [5.74, 6) is 0.735. The molecule has 0 heterocycles. The van der Waals surface area contributed by atoms with Gasteiger partial charge in [-0.25, -0.2) is 0 Å². The van der Waals surface area contributed by atoms with Crippen molar-refractivity contribution in [2.45, 2.75) is 38.1 Å². The van der Waals surface area contributed by atoms with Gasteiger partial charge in [0.2, 0.25) is 0 Å². The maximum Gasteiger partial charge on any atom is 0.0281 e. The molecule has 1 aliphatic carbocycles. The summed E-state index contributed by atoms with van der Waals surface area (Å²) in [5.41, 5.74) is 1.48. The lowest BCUT2D eigenvalue weighted by Gasteiger charge is -2.42. The van der Waals surface area contributed by atoms with E-state index < -0.39 is 8.07 Å². The number of benzene rings is 3. The van der Waals surface area contributed by atoms with Crippen LogP contribution in [0.4, 0.5) is 0 Å². The average Bonchev–Trinajstić information content (AvgIpc) is 2.76. The normalized spacial score (nSPS) is 19.8. The Labute approximate surface area is 171 Å². The largest absolute Gasteiger partial charge is 0.275 e. The molecular formula is C26H30NP. The number of rotatable bonds is 6. The maximum atomic E-state index is 2.73. The zero-order chi connectivity index (χ0) is 19.2. The summed E-state index contributed by atoms with van der Waals surface area (Å²) in [4.78, 5) is 0. The third-order valence-electron chi connectivity index (χ3n) is 6.01. The van der Waals surface area contributed by atoms with Crippen LogP contribution in [0.5, 0.6) is 0 Å². The molecular weight excluding hydrogens is 357 g/mol. The lowest BCUT2D eigenvalue weighted by Crippen LogP contribution is -2.41. The van der Waals surface area contributed by atoms with Crippen LogP contribution in [0.25, 0.3) is 0 Å². The van der Waals surface area contributed by atoms with Crippen molar-refractivity contribution in [3.63, 3.8) is 0 Å². The fourth-order valence-electron chi connectivity index (χ4n) is 4.64. The molecule has 4 rings (SSSR count). The van der Waals surface area contributed by atoms with Crippen molar-refractivity contribution in [1.29, 1.82) is 0 Å². The molecule has 0 radical (unpaired) electrons. The highest BCUT2D eigenvalue weighted by atomic mass is 31.1. The first-order chi connectivity index (χ1) is 13.8. The van der Waals surface area contributed by atoms with Gasteiger partial charge in [-0.1, -0.05) is 104 Å². The molecule has 1 saturated carbocycles. The Hall–Kier alpha value is -1.95. The molecule has 0 aliphatic heterocycles. The van der Waals surface area contributed by atoms with E-state index in [1.54, 1.807) is 0 Å². The highest BCUT2D eigenvalue weighted by Gasteiger charge is 2.33. The SMILES string of the molecule is CN([C@@H]1CCCC[C@H]1Cc1ccccc1)P(c1ccccc1)c1ccccc1. The topological polar surface area (TPSA) is 3.24 Å². The summed E-state index contributed by atoms with van der Waals surface area (Å²) < 4.78 is 2.73. The Morgan fingerprint density at radius 3 is 1.79 bits per heavy atom. The first-order valence-electron chi connectivity index (χ1n) is 10.5. The minimum absolute atomic E-state index is 0.503. The molecule has 0 unspecified atom stereocenters. The van der Waals surface area contributed by atoms with Crippen LogP contribution in [0.15, 0.2) is 91.0 Å². The van der Waals surface area contributed by atoms with Gasteiger partial charge in [-0.2, -0.15) is 0 Å². The first kappa shape index (κ1) is 19.4. The van der Waals surface area contributed by atoms with E-state index in [4.69, 9.17) is 0 Å². The minimum Gasteiger partial charge on any atom is -0.275 e. The Bertz CT molecular complexity index is 795. The predicted octanol–water partition coefficient (Wildman–Crippen LogP) is 5.77. The summed E-state index contributed by atoms with van der Waals surface area (Å²) in [7, 11) is 1.87. The highest BCUT2D eigenvalue weighted by molar-refractivity contribution is 7.70. The average molecular weight is 388 g/mol. The second kappa shape index (κ2) is 9.50. The van der Waals surface area contributed by atoms with Crippen LogP contribution in [-0.2, 0) is 6.42 Å². The van der Waals surface area contributed by atoms with Crippen molar-refractivity contribution in [3.8, 4) is 0 Å². The number of hydrogen-bond acceptors (Lipinski definition) is 1. The van der Waals surface area contributed by atoms with Crippen LogP contribution < -0.4 is 10.6 Å². The van der Waals surface area contributed by atoms with Crippen molar-refractivity contribution >= 4 is 18.7 Å². The third-order valence-corrected chi connectivity index (χ3v) is 8.51. The molecule has 3 aromatic carbocycles. The van der Waals surface area contributed by atoms with E-state index in [2.05, 4.69) is 103 Å².